The number of nitrogens with zero attached hydrogens (tertiary/aromatic N) is 1. The monoisotopic (exact) mass is 221 g/mol. The summed E-state index contributed by atoms with van der Waals surface area (Å²) in [6.07, 6.45) is 4.38. The van der Waals surface area contributed by atoms with Crippen LogP contribution in [0.3, 0.4) is 0 Å². The van der Waals surface area contributed by atoms with Gasteiger partial charge in [-0.05, 0) is 41.8 Å². The van der Waals surface area contributed by atoms with Crippen molar-refractivity contribution in [1.82, 2.24) is 4.57 Å². The fourth-order valence-corrected chi connectivity index (χ4v) is 2.24. The third kappa shape index (κ3) is 1.64. The molecular formula is C16H15N. The molecule has 0 radical (unpaired) electrons. The quantitative estimate of drug-likeness (QED) is 0.579. The maximum atomic E-state index is 2.22. The number of benzene rings is 2. The van der Waals surface area contributed by atoms with Crippen LogP contribution in [0.5, 0.6) is 0 Å². The van der Waals surface area contributed by atoms with Crippen molar-refractivity contribution in [1.29, 1.82) is 0 Å². The van der Waals surface area contributed by atoms with Gasteiger partial charge in [0.05, 0.1) is 0 Å². The maximum absolute atomic E-state index is 2.22. The lowest BCUT2D eigenvalue weighted by molar-refractivity contribution is 1.06. The Morgan fingerprint density at radius 1 is 0.765 bits per heavy atom. The number of fused-ring (bicyclic) bond motifs is 1. The first-order valence-corrected chi connectivity index (χ1v) is 5.89. The summed E-state index contributed by atoms with van der Waals surface area (Å²) < 4.78 is 2.22. The summed E-state index contributed by atoms with van der Waals surface area (Å²) in [6.45, 7) is 4.33. The minimum absolute atomic E-state index is 1.27. The van der Waals surface area contributed by atoms with Crippen LogP contribution in [0.4, 0.5) is 0 Å². The van der Waals surface area contributed by atoms with Crippen LogP contribution in [0.2, 0.25) is 0 Å². The molecule has 0 saturated carbocycles. The maximum Gasteiger partial charge on any atom is 0.0481 e. The van der Waals surface area contributed by atoms with E-state index in [0.29, 0.717) is 0 Å². The van der Waals surface area contributed by atoms with Gasteiger partial charge in [-0.15, -0.1) is 0 Å². The Morgan fingerprint density at radius 3 is 2.06 bits per heavy atom. The lowest BCUT2D eigenvalue weighted by Crippen LogP contribution is -1.94. The summed E-state index contributed by atoms with van der Waals surface area (Å²) in [5, 5.41) is 2.57. The van der Waals surface area contributed by atoms with E-state index in [9.17, 15) is 0 Å². The van der Waals surface area contributed by atoms with Gasteiger partial charge in [-0.1, -0.05) is 36.4 Å². The van der Waals surface area contributed by atoms with Gasteiger partial charge in [-0.3, -0.25) is 0 Å². The van der Waals surface area contributed by atoms with E-state index in [4.69, 9.17) is 0 Å². The molecule has 0 saturated heterocycles. The molecule has 1 aromatic heterocycles. The van der Waals surface area contributed by atoms with Crippen LogP contribution in [0, 0.1) is 13.8 Å². The number of aromatic nitrogens is 1. The third-order valence-electron chi connectivity index (χ3n) is 3.41. The molecule has 0 fully saturated rings. The third-order valence-corrected chi connectivity index (χ3v) is 3.41. The zero-order valence-corrected chi connectivity index (χ0v) is 10.1. The second-order valence-corrected chi connectivity index (χ2v) is 4.51. The summed E-state index contributed by atoms with van der Waals surface area (Å²) in [6, 6.07) is 14.9. The average Bonchev–Trinajstić information content (AvgIpc) is 2.76. The molecule has 3 rings (SSSR count). The van der Waals surface area contributed by atoms with Crippen molar-refractivity contribution in [3.8, 4) is 5.69 Å². The van der Waals surface area contributed by atoms with Gasteiger partial charge in [-0.2, -0.15) is 0 Å². The van der Waals surface area contributed by atoms with E-state index in [-0.39, 0.29) is 0 Å². The molecule has 3 aromatic rings. The molecule has 0 unspecified atom stereocenters. The molecule has 1 heteroatoms. The van der Waals surface area contributed by atoms with Crippen molar-refractivity contribution in [3.63, 3.8) is 0 Å². The van der Waals surface area contributed by atoms with Crippen LogP contribution < -0.4 is 0 Å². The molecule has 17 heavy (non-hydrogen) atoms. The van der Waals surface area contributed by atoms with Gasteiger partial charge in [0.1, 0.15) is 0 Å². The first kappa shape index (κ1) is 10.2. The summed E-state index contributed by atoms with van der Waals surface area (Å²) >= 11 is 0. The van der Waals surface area contributed by atoms with E-state index in [1.165, 1.54) is 27.6 Å². The van der Waals surface area contributed by atoms with Gasteiger partial charge < -0.3 is 4.57 Å². The first-order valence-electron chi connectivity index (χ1n) is 5.89. The lowest BCUT2D eigenvalue weighted by Gasteiger charge is -2.09. The summed E-state index contributed by atoms with van der Waals surface area (Å²) in [7, 11) is 0. The van der Waals surface area contributed by atoms with Crippen molar-refractivity contribution in [2.24, 2.45) is 0 Å². The Kier molecular flexibility index (Phi) is 2.25. The number of rotatable bonds is 1. The molecule has 0 aliphatic heterocycles. The van der Waals surface area contributed by atoms with Crippen molar-refractivity contribution in [2.75, 3.05) is 0 Å². The van der Waals surface area contributed by atoms with Gasteiger partial charge in [0, 0.05) is 18.1 Å². The van der Waals surface area contributed by atoms with Crippen LogP contribution >= 0.6 is 0 Å². The molecule has 0 bridgehead atoms. The van der Waals surface area contributed by atoms with E-state index in [0.717, 1.165) is 0 Å². The standard InChI is InChI=1S/C16H15N/c1-12-6-5-9-16(13(12)2)17-10-14-7-3-4-8-15(14)11-17/h3-11H,1-2H3. The Hall–Kier alpha value is -2.02. The van der Waals surface area contributed by atoms with Crippen molar-refractivity contribution in [3.05, 3.63) is 66.0 Å². The van der Waals surface area contributed by atoms with Gasteiger partial charge in [0.25, 0.3) is 0 Å². The second-order valence-electron chi connectivity index (χ2n) is 4.51. The lowest BCUT2D eigenvalue weighted by atomic mass is 10.1. The van der Waals surface area contributed by atoms with Crippen LogP contribution in [0.1, 0.15) is 11.1 Å². The van der Waals surface area contributed by atoms with Gasteiger partial charge in [0.2, 0.25) is 0 Å². The molecule has 0 aliphatic carbocycles. The average molecular weight is 221 g/mol. The van der Waals surface area contributed by atoms with Crippen LogP contribution in [-0.4, -0.2) is 4.57 Å². The molecule has 1 heterocycles. The molecule has 2 aromatic carbocycles. The van der Waals surface area contributed by atoms with E-state index < -0.39 is 0 Å². The normalized spacial score (nSPS) is 10.9. The fraction of sp³-hybridized carbons (Fsp3) is 0.125. The highest BCUT2D eigenvalue weighted by atomic mass is 14.9. The molecule has 0 amide bonds. The van der Waals surface area contributed by atoms with Crippen molar-refractivity contribution >= 4 is 10.8 Å². The highest BCUT2D eigenvalue weighted by Gasteiger charge is 2.04. The summed E-state index contributed by atoms with van der Waals surface area (Å²) in [4.78, 5) is 0. The van der Waals surface area contributed by atoms with Crippen LogP contribution in [-0.2, 0) is 0 Å². The molecule has 84 valence electrons. The number of hydrogen-bond donors (Lipinski definition) is 0. The fourth-order valence-electron chi connectivity index (χ4n) is 2.24. The minimum atomic E-state index is 1.27. The van der Waals surface area contributed by atoms with E-state index in [2.05, 4.69) is 73.3 Å². The molecule has 0 spiro atoms. The minimum Gasteiger partial charge on any atom is -0.322 e. The van der Waals surface area contributed by atoms with Crippen LogP contribution in [0.15, 0.2) is 54.9 Å². The first-order chi connectivity index (χ1) is 8.25. The van der Waals surface area contributed by atoms with Gasteiger partial charge >= 0.3 is 0 Å². The molecule has 0 aliphatic rings. The zero-order valence-electron chi connectivity index (χ0n) is 10.1. The summed E-state index contributed by atoms with van der Waals surface area (Å²) in [5.74, 6) is 0. The zero-order chi connectivity index (χ0) is 11.8. The highest BCUT2D eigenvalue weighted by Crippen LogP contribution is 2.22. The molecule has 0 N–H and O–H groups in total. The SMILES string of the molecule is Cc1cccc(-n2cc3ccccc3c2)c1C. The van der Waals surface area contributed by atoms with E-state index >= 15 is 0 Å². The van der Waals surface area contributed by atoms with Gasteiger partial charge in [-0.25, -0.2) is 0 Å². The topological polar surface area (TPSA) is 4.93 Å². The predicted octanol–water partition coefficient (Wildman–Crippen LogP) is 4.25. The Morgan fingerprint density at radius 2 is 1.41 bits per heavy atom. The predicted molar refractivity (Wildman–Crippen MR) is 72.7 cm³/mol. The van der Waals surface area contributed by atoms with E-state index in [1.807, 2.05) is 0 Å². The Balaban J connectivity index is 2.24. The second kappa shape index (κ2) is 3.77. The molecule has 1 nitrogen and oxygen atoms in total. The Labute approximate surface area is 101 Å². The van der Waals surface area contributed by atoms with Crippen LogP contribution in [0.25, 0.3) is 16.5 Å². The highest BCUT2D eigenvalue weighted by molar-refractivity contribution is 5.83. The molecule has 0 atom stereocenters. The number of aryl methyl sites for hydroxylation is 1. The van der Waals surface area contributed by atoms with Gasteiger partial charge in [0.15, 0.2) is 0 Å². The van der Waals surface area contributed by atoms with Crippen molar-refractivity contribution in [2.45, 2.75) is 13.8 Å². The smallest absolute Gasteiger partial charge is 0.0481 e. The largest absolute Gasteiger partial charge is 0.322 e. The Bertz CT molecular complexity index is 644. The summed E-state index contributed by atoms with van der Waals surface area (Å²) in [5.41, 5.74) is 3.94. The molecular weight excluding hydrogens is 206 g/mol. The van der Waals surface area contributed by atoms with Crippen molar-refractivity contribution < 1.29 is 0 Å². The number of hydrogen-bond acceptors (Lipinski definition) is 0. The van der Waals surface area contributed by atoms with E-state index in [1.54, 1.807) is 0 Å².